The molecule has 1 saturated heterocycles. The van der Waals surface area contributed by atoms with E-state index < -0.39 is 0 Å². The molecule has 0 aromatic carbocycles. The Labute approximate surface area is 104 Å². The number of nitrogens with zero attached hydrogens (tertiary/aromatic N) is 3. The number of piperidine rings is 1. The molecule has 0 radical (unpaired) electrons. The molecule has 96 valence electrons. The van der Waals surface area contributed by atoms with Gasteiger partial charge in [0.1, 0.15) is 0 Å². The third-order valence-electron chi connectivity index (χ3n) is 3.66. The average Bonchev–Trinajstić information content (AvgIpc) is 2.57. The van der Waals surface area contributed by atoms with Crippen molar-refractivity contribution in [2.45, 2.75) is 59.0 Å². The molecule has 0 aliphatic carbocycles. The highest BCUT2D eigenvalue weighted by molar-refractivity contribution is 5.66. The third kappa shape index (κ3) is 2.26. The molecule has 2 rings (SSSR count). The second-order valence-corrected chi connectivity index (χ2v) is 5.08. The van der Waals surface area contributed by atoms with Crippen molar-refractivity contribution in [1.82, 2.24) is 9.78 Å². The smallest absolute Gasteiger partial charge is 0.150 e. The SMILES string of the molecule is CCCn1nc(C)c(N)c1N1CCCCC1C. The average molecular weight is 236 g/mol. The number of aromatic nitrogens is 2. The molecule has 2 heterocycles. The molecule has 0 saturated carbocycles. The van der Waals surface area contributed by atoms with Gasteiger partial charge < -0.3 is 10.6 Å². The number of anilines is 2. The number of aryl methyl sites for hydroxylation is 2. The standard InChI is InChI=1S/C13H24N4/c1-4-8-17-13(12(14)11(3)15-17)16-9-6-5-7-10(16)2/h10H,4-9,14H2,1-3H3. The van der Waals surface area contributed by atoms with Crippen LogP contribution in [-0.2, 0) is 6.54 Å². The molecule has 2 N–H and O–H groups in total. The van der Waals surface area contributed by atoms with E-state index in [2.05, 4.69) is 28.5 Å². The first kappa shape index (κ1) is 12.3. The van der Waals surface area contributed by atoms with E-state index in [-0.39, 0.29) is 0 Å². The van der Waals surface area contributed by atoms with Crippen molar-refractivity contribution < 1.29 is 0 Å². The summed E-state index contributed by atoms with van der Waals surface area (Å²) in [4.78, 5) is 2.44. The molecule has 1 unspecified atom stereocenters. The van der Waals surface area contributed by atoms with Crippen LogP contribution in [0.2, 0.25) is 0 Å². The molecule has 17 heavy (non-hydrogen) atoms. The number of hydrogen-bond donors (Lipinski definition) is 1. The Kier molecular flexibility index (Phi) is 3.60. The first-order valence-electron chi connectivity index (χ1n) is 6.74. The Hall–Kier alpha value is -1.19. The van der Waals surface area contributed by atoms with Gasteiger partial charge in [-0.25, -0.2) is 4.68 Å². The molecule has 1 atom stereocenters. The Morgan fingerprint density at radius 3 is 2.82 bits per heavy atom. The number of nitrogen functional groups attached to an aromatic ring is 1. The Morgan fingerprint density at radius 1 is 1.41 bits per heavy atom. The number of nitrogens with two attached hydrogens (primary N) is 1. The lowest BCUT2D eigenvalue weighted by molar-refractivity contribution is 0.466. The van der Waals surface area contributed by atoms with Gasteiger partial charge in [-0.15, -0.1) is 0 Å². The van der Waals surface area contributed by atoms with Gasteiger partial charge in [0.15, 0.2) is 5.82 Å². The highest BCUT2D eigenvalue weighted by Gasteiger charge is 2.25. The zero-order chi connectivity index (χ0) is 12.4. The second-order valence-electron chi connectivity index (χ2n) is 5.08. The summed E-state index contributed by atoms with van der Waals surface area (Å²) < 4.78 is 2.09. The summed E-state index contributed by atoms with van der Waals surface area (Å²) in [5, 5.41) is 4.56. The lowest BCUT2D eigenvalue weighted by Gasteiger charge is -2.35. The minimum absolute atomic E-state index is 0.581. The molecule has 1 aromatic rings. The quantitative estimate of drug-likeness (QED) is 0.877. The van der Waals surface area contributed by atoms with Crippen LogP contribution in [0.4, 0.5) is 11.5 Å². The van der Waals surface area contributed by atoms with Gasteiger partial charge in [0.05, 0.1) is 11.4 Å². The maximum Gasteiger partial charge on any atom is 0.150 e. The van der Waals surface area contributed by atoms with Crippen LogP contribution in [0.5, 0.6) is 0 Å². The fraction of sp³-hybridized carbons (Fsp3) is 0.769. The monoisotopic (exact) mass is 236 g/mol. The molecule has 0 bridgehead atoms. The highest BCUT2D eigenvalue weighted by atomic mass is 15.4. The molecule has 1 fully saturated rings. The Morgan fingerprint density at radius 2 is 2.18 bits per heavy atom. The molecule has 4 heteroatoms. The maximum atomic E-state index is 6.20. The minimum atomic E-state index is 0.581. The lowest BCUT2D eigenvalue weighted by Crippen LogP contribution is -2.39. The topological polar surface area (TPSA) is 47.1 Å². The largest absolute Gasteiger partial charge is 0.394 e. The Bertz CT molecular complexity index is 383. The molecular formula is C13H24N4. The van der Waals surface area contributed by atoms with Crippen LogP contribution in [0.3, 0.4) is 0 Å². The van der Waals surface area contributed by atoms with Gasteiger partial charge >= 0.3 is 0 Å². The minimum Gasteiger partial charge on any atom is -0.394 e. The van der Waals surface area contributed by atoms with Gasteiger partial charge in [-0.05, 0) is 39.5 Å². The van der Waals surface area contributed by atoms with Gasteiger partial charge in [0.25, 0.3) is 0 Å². The van der Waals surface area contributed by atoms with Crippen LogP contribution in [0, 0.1) is 6.92 Å². The van der Waals surface area contributed by atoms with E-state index in [1.54, 1.807) is 0 Å². The number of hydrogen-bond acceptors (Lipinski definition) is 3. The molecule has 0 amide bonds. The van der Waals surface area contributed by atoms with E-state index in [0.29, 0.717) is 6.04 Å². The van der Waals surface area contributed by atoms with Crippen molar-refractivity contribution in [2.24, 2.45) is 0 Å². The first-order valence-corrected chi connectivity index (χ1v) is 6.74. The predicted octanol–water partition coefficient (Wildman–Crippen LogP) is 2.56. The van der Waals surface area contributed by atoms with Crippen LogP contribution in [-0.4, -0.2) is 22.4 Å². The zero-order valence-corrected chi connectivity index (χ0v) is 11.2. The van der Waals surface area contributed by atoms with E-state index in [1.165, 1.54) is 19.3 Å². The van der Waals surface area contributed by atoms with E-state index in [1.807, 2.05) is 6.92 Å². The molecular weight excluding hydrogens is 212 g/mol. The van der Waals surface area contributed by atoms with E-state index in [9.17, 15) is 0 Å². The third-order valence-corrected chi connectivity index (χ3v) is 3.66. The molecule has 0 spiro atoms. The fourth-order valence-electron chi connectivity index (χ4n) is 2.67. The lowest BCUT2D eigenvalue weighted by atomic mass is 10.0. The number of rotatable bonds is 3. The summed E-state index contributed by atoms with van der Waals surface area (Å²) in [6, 6.07) is 0.581. The summed E-state index contributed by atoms with van der Waals surface area (Å²) in [6.45, 7) is 8.53. The van der Waals surface area contributed by atoms with E-state index >= 15 is 0 Å². The normalized spacial score (nSPS) is 20.9. The predicted molar refractivity (Wildman–Crippen MR) is 72.3 cm³/mol. The first-order chi connectivity index (χ1) is 8.15. The van der Waals surface area contributed by atoms with Crippen molar-refractivity contribution in [2.75, 3.05) is 17.2 Å². The highest BCUT2D eigenvalue weighted by Crippen LogP contribution is 2.31. The van der Waals surface area contributed by atoms with Gasteiger partial charge in [-0.1, -0.05) is 6.92 Å². The van der Waals surface area contributed by atoms with Crippen molar-refractivity contribution in [3.63, 3.8) is 0 Å². The van der Waals surface area contributed by atoms with Gasteiger partial charge in [-0.3, -0.25) is 0 Å². The summed E-state index contributed by atoms with van der Waals surface area (Å²) in [7, 11) is 0. The van der Waals surface area contributed by atoms with E-state index in [4.69, 9.17) is 5.73 Å². The second kappa shape index (κ2) is 4.98. The summed E-state index contributed by atoms with van der Waals surface area (Å²) in [5.41, 5.74) is 8.03. The fourth-order valence-corrected chi connectivity index (χ4v) is 2.67. The van der Waals surface area contributed by atoms with Crippen molar-refractivity contribution >= 4 is 11.5 Å². The van der Waals surface area contributed by atoms with Crippen LogP contribution in [0.1, 0.15) is 45.2 Å². The van der Waals surface area contributed by atoms with Crippen molar-refractivity contribution in [3.05, 3.63) is 5.69 Å². The zero-order valence-electron chi connectivity index (χ0n) is 11.2. The van der Waals surface area contributed by atoms with Crippen LogP contribution >= 0.6 is 0 Å². The summed E-state index contributed by atoms with van der Waals surface area (Å²) >= 11 is 0. The molecule has 1 aromatic heterocycles. The van der Waals surface area contributed by atoms with Gasteiger partial charge in [0.2, 0.25) is 0 Å². The molecule has 1 aliphatic heterocycles. The van der Waals surface area contributed by atoms with Crippen LogP contribution in [0.25, 0.3) is 0 Å². The Balaban J connectivity index is 2.34. The van der Waals surface area contributed by atoms with Crippen LogP contribution in [0.15, 0.2) is 0 Å². The van der Waals surface area contributed by atoms with E-state index in [0.717, 1.165) is 36.7 Å². The summed E-state index contributed by atoms with van der Waals surface area (Å²) in [5.74, 6) is 1.15. The van der Waals surface area contributed by atoms with Crippen molar-refractivity contribution in [3.8, 4) is 0 Å². The van der Waals surface area contributed by atoms with Gasteiger partial charge in [0, 0.05) is 19.1 Å². The van der Waals surface area contributed by atoms with Crippen LogP contribution < -0.4 is 10.6 Å². The van der Waals surface area contributed by atoms with Gasteiger partial charge in [-0.2, -0.15) is 5.10 Å². The molecule has 4 nitrogen and oxygen atoms in total. The summed E-state index contributed by atoms with van der Waals surface area (Å²) in [6.07, 6.45) is 4.95. The molecule has 1 aliphatic rings. The van der Waals surface area contributed by atoms with Crippen molar-refractivity contribution in [1.29, 1.82) is 0 Å². The maximum absolute atomic E-state index is 6.20.